The number of pyridine rings is 2. The number of hydrogen-bond donors (Lipinski definition) is 1. The van der Waals surface area contributed by atoms with Crippen molar-refractivity contribution in [1.29, 1.82) is 5.26 Å². The minimum absolute atomic E-state index is 0.0484. The molecule has 25 heavy (non-hydrogen) atoms. The summed E-state index contributed by atoms with van der Waals surface area (Å²) in [5, 5.41) is 19.8. The fourth-order valence-electron chi connectivity index (χ4n) is 2.19. The monoisotopic (exact) mass is 352 g/mol. The van der Waals surface area contributed by atoms with Crippen LogP contribution in [0, 0.1) is 17.1 Å². The molecule has 3 rings (SSSR count). The van der Waals surface area contributed by atoms with Crippen LogP contribution in [0.4, 0.5) is 10.1 Å². The van der Waals surface area contributed by atoms with E-state index in [0.717, 1.165) is 6.07 Å². The average molecular weight is 353 g/mol. The molecule has 0 bridgehead atoms. The molecule has 1 N–H and O–H groups in total. The third-order valence-corrected chi connectivity index (χ3v) is 3.65. The number of rotatable bonds is 3. The first-order valence-electron chi connectivity index (χ1n) is 7.12. The Balaban J connectivity index is 2.09. The molecule has 0 saturated carbocycles. The van der Waals surface area contributed by atoms with Crippen LogP contribution in [-0.4, -0.2) is 20.8 Å². The second-order valence-electron chi connectivity index (χ2n) is 4.97. The lowest BCUT2D eigenvalue weighted by molar-refractivity contribution is 0.474. The Morgan fingerprint density at radius 1 is 1.24 bits per heavy atom. The summed E-state index contributed by atoms with van der Waals surface area (Å²) in [6.07, 6.45) is 4.61. The number of nitriles is 1. The van der Waals surface area contributed by atoms with Gasteiger partial charge in [-0.05, 0) is 36.4 Å². The highest BCUT2D eigenvalue weighted by molar-refractivity contribution is 6.31. The number of nitrogens with zero attached hydrogens (tertiary/aromatic N) is 4. The van der Waals surface area contributed by atoms with E-state index in [1.807, 2.05) is 6.07 Å². The Morgan fingerprint density at radius 3 is 2.76 bits per heavy atom. The van der Waals surface area contributed by atoms with Gasteiger partial charge in [-0.25, -0.2) is 9.38 Å². The summed E-state index contributed by atoms with van der Waals surface area (Å²) >= 11 is 5.73. The molecule has 0 aliphatic heterocycles. The molecule has 0 amide bonds. The third kappa shape index (κ3) is 3.47. The molecule has 0 aliphatic rings. The van der Waals surface area contributed by atoms with Crippen molar-refractivity contribution in [3.8, 4) is 23.1 Å². The van der Waals surface area contributed by atoms with Gasteiger partial charge >= 0.3 is 0 Å². The Bertz CT molecular complexity index is 1000. The van der Waals surface area contributed by atoms with Crippen LogP contribution in [-0.2, 0) is 0 Å². The minimum Gasteiger partial charge on any atom is -0.505 e. The summed E-state index contributed by atoms with van der Waals surface area (Å²) in [5.74, 6) is -0.770. The third-order valence-electron chi connectivity index (χ3n) is 3.36. The van der Waals surface area contributed by atoms with E-state index in [1.54, 1.807) is 24.5 Å². The molecule has 2 aromatic heterocycles. The van der Waals surface area contributed by atoms with Crippen LogP contribution in [0.3, 0.4) is 0 Å². The summed E-state index contributed by atoms with van der Waals surface area (Å²) < 4.78 is 13.2. The van der Waals surface area contributed by atoms with Gasteiger partial charge in [-0.1, -0.05) is 11.6 Å². The Morgan fingerprint density at radius 2 is 2.08 bits per heavy atom. The molecule has 0 unspecified atom stereocenters. The van der Waals surface area contributed by atoms with E-state index in [0.29, 0.717) is 11.3 Å². The molecular weight excluding hydrogens is 343 g/mol. The number of halogens is 2. The standard InChI is InChI=1S/C18H10ClFN4O/c19-14-8-12(3-4-15(14)20)24-16(9-21)13-5-7-23-17(18(13)25)11-2-1-6-22-10-11/h1-8,10,25H/b24-16+. The van der Waals surface area contributed by atoms with Gasteiger partial charge in [0, 0.05) is 24.2 Å². The van der Waals surface area contributed by atoms with Crippen molar-refractivity contribution in [2.75, 3.05) is 0 Å². The van der Waals surface area contributed by atoms with Crippen molar-refractivity contribution >= 4 is 23.0 Å². The molecule has 3 aromatic rings. The molecule has 5 nitrogen and oxygen atoms in total. The molecular formula is C18H10ClFN4O. The highest BCUT2D eigenvalue weighted by atomic mass is 35.5. The molecule has 7 heteroatoms. The zero-order valence-electron chi connectivity index (χ0n) is 12.7. The van der Waals surface area contributed by atoms with Crippen LogP contribution in [0.25, 0.3) is 11.3 Å². The van der Waals surface area contributed by atoms with Crippen molar-refractivity contribution < 1.29 is 9.50 Å². The number of aliphatic imine (C=N–C) groups is 1. The molecule has 0 fully saturated rings. The fraction of sp³-hybridized carbons (Fsp3) is 0. The maximum Gasteiger partial charge on any atom is 0.152 e. The van der Waals surface area contributed by atoms with Crippen molar-refractivity contribution in [1.82, 2.24) is 9.97 Å². The van der Waals surface area contributed by atoms with E-state index in [2.05, 4.69) is 15.0 Å². The van der Waals surface area contributed by atoms with E-state index in [9.17, 15) is 14.8 Å². The fourth-order valence-corrected chi connectivity index (χ4v) is 2.36. The minimum atomic E-state index is -0.579. The van der Waals surface area contributed by atoms with E-state index in [1.165, 1.54) is 24.4 Å². The SMILES string of the molecule is N#C/C(=N\c1ccc(F)c(Cl)c1)c1ccnc(-c2cccnc2)c1O. The first kappa shape index (κ1) is 16.6. The van der Waals surface area contributed by atoms with Gasteiger partial charge in [0.05, 0.1) is 16.3 Å². The molecule has 0 aliphatic carbocycles. The van der Waals surface area contributed by atoms with Crippen LogP contribution in [0.15, 0.2) is 60.0 Å². The van der Waals surface area contributed by atoms with Gasteiger partial charge in [0.25, 0.3) is 0 Å². The van der Waals surface area contributed by atoms with Crippen LogP contribution < -0.4 is 0 Å². The summed E-state index contributed by atoms with van der Waals surface area (Å²) in [5.41, 5.74) is 1.33. The van der Waals surface area contributed by atoms with Gasteiger partial charge in [0.2, 0.25) is 0 Å². The molecule has 0 spiro atoms. The lowest BCUT2D eigenvalue weighted by atomic mass is 10.1. The molecule has 0 radical (unpaired) electrons. The van der Waals surface area contributed by atoms with E-state index >= 15 is 0 Å². The predicted octanol–water partition coefficient (Wildman–Crippen LogP) is 4.29. The zero-order chi connectivity index (χ0) is 17.8. The molecule has 2 heterocycles. The summed E-state index contributed by atoms with van der Waals surface area (Å²) in [7, 11) is 0. The Hall–Kier alpha value is -3.30. The maximum absolute atomic E-state index is 13.2. The second kappa shape index (κ2) is 7.07. The number of aromatic nitrogens is 2. The number of benzene rings is 1. The van der Waals surface area contributed by atoms with Crippen molar-refractivity contribution in [2.24, 2.45) is 4.99 Å². The van der Waals surface area contributed by atoms with Crippen molar-refractivity contribution in [3.05, 3.63) is 71.4 Å². The highest BCUT2D eigenvalue weighted by Crippen LogP contribution is 2.31. The highest BCUT2D eigenvalue weighted by Gasteiger charge is 2.15. The van der Waals surface area contributed by atoms with E-state index < -0.39 is 5.82 Å². The summed E-state index contributed by atoms with van der Waals surface area (Å²) in [6.45, 7) is 0. The lowest BCUT2D eigenvalue weighted by Gasteiger charge is -2.07. The maximum atomic E-state index is 13.2. The summed E-state index contributed by atoms with van der Waals surface area (Å²) in [4.78, 5) is 12.3. The van der Waals surface area contributed by atoms with E-state index in [-0.39, 0.29) is 27.7 Å². The topological polar surface area (TPSA) is 82.2 Å². The van der Waals surface area contributed by atoms with Gasteiger partial charge in [-0.15, -0.1) is 0 Å². The van der Waals surface area contributed by atoms with Crippen LogP contribution in [0.1, 0.15) is 5.56 Å². The second-order valence-corrected chi connectivity index (χ2v) is 5.38. The largest absolute Gasteiger partial charge is 0.505 e. The normalized spacial score (nSPS) is 11.2. The smallest absolute Gasteiger partial charge is 0.152 e. The van der Waals surface area contributed by atoms with Gasteiger partial charge in [-0.2, -0.15) is 5.26 Å². The molecule has 0 atom stereocenters. The average Bonchev–Trinajstić information content (AvgIpc) is 2.64. The van der Waals surface area contributed by atoms with Gasteiger partial charge in [0.1, 0.15) is 17.6 Å². The summed E-state index contributed by atoms with van der Waals surface area (Å²) in [6, 6.07) is 10.7. The Labute approximate surface area is 147 Å². The first-order valence-corrected chi connectivity index (χ1v) is 7.50. The van der Waals surface area contributed by atoms with Crippen LogP contribution in [0.2, 0.25) is 5.02 Å². The van der Waals surface area contributed by atoms with Gasteiger partial charge in [-0.3, -0.25) is 9.97 Å². The predicted molar refractivity (Wildman–Crippen MR) is 92.4 cm³/mol. The van der Waals surface area contributed by atoms with Crippen molar-refractivity contribution in [2.45, 2.75) is 0 Å². The van der Waals surface area contributed by atoms with E-state index in [4.69, 9.17) is 11.6 Å². The number of hydrogen-bond acceptors (Lipinski definition) is 5. The molecule has 1 aromatic carbocycles. The van der Waals surface area contributed by atoms with Gasteiger partial charge < -0.3 is 5.11 Å². The quantitative estimate of drug-likeness (QED) is 0.713. The lowest BCUT2D eigenvalue weighted by Crippen LogP contribution is -2.00. The van der Waals surface area contributed by atoms with Crippen LogP contribution in [0.5, 0.6) is 5.75 Å². The Kier molecular flexibility index (Phi) is 4.68. The zero-order valence-corrected chi connectivity index (χ0v) is 13.4. The molecule has 0 saturated heterocycles. The van der Waals surface area contributed by atoms with Crippen LogP contribution >= 0.6 is 11.6 Å². The first-order chi connectivity index (χ1) is 12.1. The van der Waals surface area contributed by atoms with Gasteiger partial charge in [0.15, 0.2) is 11.5 Å². The van der Waals surface area contributed by atoms with Crippen molar-refractivity contribution in [3.63, 3.8) is 0 Å². The molecule has 122 valence electrons. The number of aromatic hydroxyl groups is 1.